The number of nitrogens with two attached hydrogens (primary N) is 3. The van der Waals surface area contributed by atoms with Crippen LogP contribution in [0.1, 0.15) is 44.9 Å². The smallest absolute Gasteiger partial charge is 0.358 e. The molecule has 2 aliphatic heterocycles. The standard InChI is InChI=1S/C20H18FN3O4.C19H17FN4O3/c1-24-9-8-20(27,19(24)26)7-6-12-4-3-5-13(10-12)16-14(21)11-15(22)17(23-16)18(25)28-2;1-24-8-7-19(27,18(24)26)6-5-11-3-2-4-12(9-11)15-13(20)10-14(21)16(23-15)17(22)25/h3-5,10-11,27H,8-9,22H2,1-2H3;2-4,9-10,27H,7-8,21H2,1H3,(H2,22,25)/t20-;19-/m00/s1. The molecule has 6 rings (SSSR count). The minimum atomic E-state index is -1.73. The van der Waals surface area contributed by atoms with Crippen molar-refractivity contribution in [1.82, 2.24) is 19.8 Å². The van der Waals surface area contributed by atoms with Crippen LogP contribution in [-0.2, 0) is 14.3 Å². The van der Waals surface area contributed by atoms with E-state index >= 15 is 0 Å². The molecule has 0 aliphatic carbocycles. The molecule has 0 unspecified atom stereocenters. The van der Waals surface area contributed by atoms with E-state index in [9.17, 15) is 38.2 Å². The van der Waals surface area contributed by atoms with Crippen LogP contribution in [0.15, 0.2) is 60.7 Å². The Morgan fingerprint density at radius 3 is 1.56 bits per heavy atom. The molecule has 14 nitrogen and oxygen atoms in total. The summed E-state index contributed by atoms with van der Waals surface area (Å²) in [5, 5.41) is 20.7. The van der Waals surface area contributed by atoms with E-state index in [2.05, 4.69) is 38.4 Å². The van der Waals surface area contributed by atoms with Gasteiger partial charge in [-0.1, -0.05) is 47.9 Å². The number of nitrogens with zero attached hydrogens (tertiary/aromatic N) is 4. The highest BCUT2D eigenvalue weighted by molar-refractivity contribution is 5.97. The molecule has 0 saturated carbocycles. The number of aromatic nitrogens is 2. The topological polar surface area (TPSA) is 228 Å². The summed E-state index contributed by atoms with van der Waals surface area (Å²) in [6, 6.07) is 14.8. The first-order valence-corrected chi connectivity index (χ1v) is 16.5. The lowest BCUT2D eigenvalue weighted by atomic mass is 10.0. The third-order valence-corrected chi connectivity index (χ3v) is 8.74. The average Bonchev–Trinajstić information content (AvgIpc) is 3.57. The van der Waals surface area contributed by atoms with E-state index < -0.39 is 46.5 Å². The quantitative estimate of drug-likeness (QED) is 0.149. The molecule has 55 heavy (non-hydrogen) atoms. The molecule has 3 amide bonds. The van der Waals surface area contributed by atoms with Crippen LogP contribution in [0.4, 0.5) is 20.2 Å². The van der Waals surface area contributed by atoms with Crippen LogP contribution in [0.3, 0.4) is 0 Å². The van der Waals surface area contributed by atoms with E-state index in [1.165, 1.54) is 23.0 Å². The van der Waals surface area contributed by atoms with Crippen LogP contribution in [0.2, 0.25) is 0 Å². The molecule has 2 aliphatic rings. The second-order valence-corrected chi connectivity index (χ2v) is 12.7. The third kappa shape index (κ3) is 8.36. The minimum absolute atomic E-state index is 0.0892. The van der Waals surface area contributed by atoms with Crippen molar-refractivity contribution >= 4 is 35.1 Å². The number of esters is 1. The molecule has 8 N–H and O–H groups in total. The molecule has 2 atom stereocenters. The molecule has 2 aromatic carbocycles. The number of likely N-dealkylation sites (tertiary alicyclic amines) is 2. The number of rotatable bonds is 4. The van der Waals surface area contributed by atoms with Crippen LogP contribution in [0.5, 0.6) is 0 Å². The number of methoxy groups -OCH3 is 1. The molecule has 2 fully saturated rings. The van der Waals surface area contributed by atoms with E-state index in [1.807, 2.05) is 0 Å². The Hall–Kier alpha value is -6.88. The van der Waals surface area contributed by atoms with Crippen LogP contribution >= 0.6 is 0 Å². The number of carbonyl (C=O) groups excluding carboxylic acids is 4. The van der Waals surface area contributed by atoms with Gasteiger partial charge in [0.2, 0.25) is 11.2 Å². The lowest BCUT2D eigenvalue weighted by Gasteiger charge is -2.13. The molecule has 2 aromatic heterocycles. The number of nitrogen functional groups attached to an aromatic ring is 2. The van der Waals surface area contributed by atoms with Crippen LogP contribution in [0, 0.1) is 35.3 Å². The molecule has 2 saturated heterocycles. The van der Waals surface area contributed by atoms with Gasteiger partial charge in [-0.3, -0.25) is 14.4 Å². The molecule has 4 heterocycles. The SMILES string of the molecule is CN1CC[C@@](O)(C#Cc2cccc(-c3nc(C(N)=O)c(N)cc3F)c2)C1=O.COC(=O)c1nc(-c2cccc(C#C[C@]3(O)CCN(C)C3=O)c2)c(F)cc1N. The number of carbonyl (C=O) groups is 4. The first kappa shape index (κ1) is 39.3. The monoisotopic (exact) mass is 751 g/mol. The average molecular weight is 752 g/mol. The number of hydrogen-bond donors (Lipinski definition) is 5. The Kier molecular flexibility index (Phi) is 11.2. The summed E-state index contributed by atoms with van der Waals surface area (Å²) in [5.74, 6) is 6.72. The number of likely N-dealkylation sites (N-methyl/N-ethyl adjacent to an activating group) is 2. The lowest BCUT2D eigenvalue weighted by molar-refractivity contribution is -0.138. The maximum atomic E-state index is 14.4. The van der Waals surface area contributed by atoms with E-state index in [0.717, 1.165) is 12.1 Å². The van der Waals surface area contributed by atoms with Crippen molar-refractivity contribution in [3.05, 3.63) is 94.8 Å². The molecule has 16 heteroatoms. The van der Waals surface area contributed by atoms with E-state index in [-0.39, 0.29) is 47.0 Å². The molecule has 0 radical (unpaired) electrons. The van der Waals surface area contributed by atoms with Gasteiger partial charge >= 0.3 is 5.97 Å². The van der Waals surface area contributed by atoms with Crippen LogP contribution < -0.4 is 17.2 Å². The highest BCUT2D eigenvalue weighted by atomic mass is 19.1. The van der Waals surface area contributed by atoms with Gasteiger partial charge in [0, 0.05) is 74.4 Å². The van der Waals surface area contributed by atoms with Crippen molar-refractivity contribution in [2.24, 2.45) is 5.73 Å². The fourth-order valence-electron chi connectivity index (χ4n) is 5.65. The fourth-order valence-corrected chi connectivity index (χ4v) is 5.65. The largest absolute Gasteiger partial charge is 0.464 e. The van der Waals surface area contributed by atoms with Gasteiger partial charge in [0.05, 0.1) is 18.5 Å². The number of benzene rings is 2. The number of amides is 3. The van der Waals surface area contributed by atoms with Crippen molar-refractivity contribution < 1.29 is 42.9 Å². The number of pyridine rings is 2. The Morgan fingerprint density at radius 2 is 1.18 bits per heavy atom. The number of primary amides is 1. The molecular weight excluding hydrogens is 716 g/mol. The predicted octanol–water partition coefficient (Wildman–Crippen LogP) is 1.71. The van der Waals surface area contributed by atoms with Crippen molar-refractivity contribution in [3.63, 3.8) is 0 Å². The number of halogens is 2. The van der Waals surface area contributed by atoms with E-state index in [4.69, 9.17) is 17.2 Å². The second kappa shape index (κ2) is 15.6. The van der Waals surface area contributed by atoms with Gasteiger partial charge in [-0.25, -0.2) is 23.5 Å². The summed E-state index contributed by atoms with van der Waals surface area (Å²) in [4.78, 5) is 57.9. The van der Waals surface area contributed by atoms with E-state index in [1.54, 1.807) is 56.6 Å². The highest BCUT2D eigenvalue weighted by Gasteiger charge is 2.43. The van der Waals surface area contributed by atoms with Gasteiger partial charge in [-0.15, -0.1) is 0 Å². The molecular formula is C39H35F2N7O7. The molecule has 282 valence electrons. The van der Waals surface area contributed by atoms with Crippen molar-refractivity contribution in [3.8, 4) is 46.2 Å². The van der Waals surface area contributed by atoms with Crippen LogP contribution in [-0.4, -0.2) is 99.2 Å². The second-order valence-electron chi connectivity index (χ2n) is 12.7. The zero-order valence-electron chi connectivity index (χ0n) is 29.8. The maximum Gasteiger partial charge on any atom is 0.358 e. The van der Waals surface area contributed by atoms with Gasteiger partial charge in [0.25, 0.3) is 17.7 Å². The zero-order valence-corrected chi connectivity index (χ0v) is 29.8. The Bertz CT molecular complexity index is 2370. The predicted molar refractivity (Wildman–Crippen MR) is 196 cm³/mol. The van der Waals surface area contributed by atoms with Crippen molar-refractivity contribution in [1.29, 1.82) is 0 Å². The van der Waals surface area contributed by atoms with Gasteiger partial charge in [0.15, 0.2) is 23.0 Å². The highest BCUT2D eigenvalue weighted by Crippen LogP contribution is 2.28. The number of aliphatic hydroxyl groups is 2. The zero-order chi connectivity index (χ0) is 40.2. The summed E-state index contributed by atoms with van der Waals surface area (Å²) in [6.45, 7) is 0.835. The maximum absolute atomic E-state index is 14.4. The third-order valence-electron chi connectivity index (χ3n) is 8.74. The summed E-state index contributed by atoms with van der Waals surface area (Å²) in [5.41, 5.74) is 13.7. The summed E-state index contributed by atoms with van der Waals surface area (Å²) in [6.07, 6.45) is 0.427. The van der Waals surface area contributed by atoms with Gasteiger partial charge in [-0.2, -0.15) is 0 Å². The molecule has 0 spiro atoms. The minimum Gasteiger partial charge on any atom is -0.464 e. The van der Waals surface area contributed by atoms with Crippen LogP contribution in [0.25, 0.3) is 22.5 Å². The van der Waals surface area contributed by atoms with E-state index in [0.29, 0.717) is 35.3 Å². The first-order valence-electron chi connectivity index (χ1n) is 16.5. The normalized spacial score (nSPS) is 18.7. The number of ether oxygens (including phenoxy) is 1. The van der Waals surface area contributed by atoms with Gasteiger partial charge in [0.1, 0.15) is 11.4 Å². The molecule has 4 aromatic rings. The summed E-state index contributed by atoms with van der Waals surface area (Å²) in [7, 11) is 4.36. The Morgan fingerprint density at radius 1 is 0.764 bits per heavy atom. The van der Waals surface area contributed by atoms with Gasteiger partial charge in [-0.05, 0) is 24.3 Å². The lowest BCUT2D eigenvalue weighted by Crippen LogP contribution is -2.37. The van der Waals surface area contributed by atoms with Gasteiger partial charge < -0.3 is 42.0 Å². The van der Waals surface area contributed by atoms with Crippen molar-refractivity contribution in [2.75, 3.05) is 45.8 Å². The Labute approximate surface area is 313 Å². The summed E-state index contributed by atoms with van der Waals surface area (Å²) >= 11 is 0. The number of anilines is 2. The summed E-state index contributed by atoms with van der Waals surface area (Å²) < 4.78 is 33.3. The first-order chi connectivity index (χ1) is 26.0. The fraction of sp³-hybridized carbons (Fsp3) is 0.231. The molecule has 0 bridgehead atoms. The number of hydrogen-bond acceptors (Lipinski definition) is 11. The van der Waals surface area contributed by atoms with Crippen molar-refractivity contribution in [2.45, 2.75) is 24.0 Å². The Balaban J connectivity index is 0.000000211.